The molecule has 6 heteroatoms. The van der Waals surface area contributed by atoms with Crippen molar-refractivity contribution in [2.24, 2.45) is 0 Å². The van der Waals surface area contributed by atoms with Crippen LogP contribution in [0.1, 0.15) is 17.2 Å². The Morgan fingerprint density at radius 3 is 2.34 bits per heavy atom. The van der Waals surface area contributed by atoms with Crippen LogP contribution in [0.2, 0.25) is 0 Å². The molecule has 29 heavy (non-hydrogen) atoms. The monoisotopic (exact) mass is 451 g/mol. The number of aliphatic hydroxyl groups excluding tert-OH is 1. The summed E-state index contributed by atoms with van der Waals surface area (Å²) in [6, 6.07) is 20.1. The lowest BCUT2D eigenvalue weighted by Gasteiger charge is -2.25. The Hall–Kier alpha value is -3.25. The Kier molecular flexibility index (Phi) is 5.03. The van der Waals surface area contributed by atoms with Gasteiger partial charge in [0.05, 0.1) is 11.6 Å². The fraction of sp³-hybridized carbons (Fsp3) is 0.0435. The fourth-order valence-corrected chi connectivity index (χ4v) is 3.86. The van der Waals surface area contributed by atoms with Crippen molar-refractivity contribution in [2.45, 2.75) is 6.04 Å². The van der Waals surface area contributed by atoms with Crippen molar-refractivity contribution in [1.29, 1.82) is 0 Å². The van der Waals surface area contributed by atoms with E-state index in [-0.39, 0.29) is 11.3 Å². The van der Waals surface area contributed by atoms with Gasteiger partial charge < -0.3 is 5.11 Å². The molecule has 1 aliphatic rings. The smallest absolute Gasteiger partial charge is 0.300 e. The Balaban J connectivity index is 1.97. The Morgan fingerprint density at radius 1 is 0.931 bits per heavy atom. The number of halogens is 2. The third kappa shape index (κ3) is 3.47. The zero-order chi connectivity index (χ0) is 20.5. The lowest BCUT2D eigenvalue weighted by atomic mass is 9.95. The molecule has 0 aliphatic carbocycles. The van der Waals surface area contributed by atoms with E-state index in [0.717, 1.165) is 4.47 Å². The van der Waals surface area contributed by atoms with Gasteiger partial charge in [-0.25, -0.2) is 4.39 Å². The molecule has 1 fully saturated rings. The maximum Gasteiger partial charge on any atom is 0.300 e. The van der Waals surface area contributed by atoms with Gasteiger partial charge in [-0.1, -0.05) is 64.5 Å². The van der Waals surface area contributed by atoms with Crippen LogP contribution in [0.25, 0.3) is 5.76 Å². The first kappa shape index (κ1) is 19.1. The third-order valence-electron chi connectivity index (χ3n) is 4.74. The van der Waals surface area contributed by atoms with Gasteiger partial charge in [0.25, 0.3) is 11.7 Å². The van der Waals surface area contributed by atoms with Crippen LogP contribution in [-0.4, -0.2) is 16.8 Å². The van der Waals surface area contributed by atoms with Crippen molar-refractivity contribution in [2.75, 3.05) is 4.90 Å². The average molecular weight is 452 g/mol. The number of anilines is 1. The van der Waals surface area contributed by atoms with Gasteiger partial charge in [0.1, 0.15) is 11.6 Å². The summed E-state index contributed by atoms with van der Waals surface area (Å²) in [4.78, 5) is 27.2. The maximum atomic E-state index is 14.0. The van der Waals surface area contributed by atoms with Crippen molar-refractivity contribution in [3.8, 4) is 0 Å². The quantitative estimate of drug-likeness (QED) is 0.337. The lowest BCUT2D eigenvalue weighted by Crippen LogP contribution is -2.29. The molecule has 0 bridgehead atoms. The normalized spacial score (nSPS) is 18.3. The first-order valence-electron chi connectivity index (χ1n) is 8.85. The zero-order valence-corrected chi connectivity index (χ0v) is 16.6. The molecule has 4 rings (SSSR count). The SMILES string of the molecule is O=C1C(=O)N(c2cccc(Br)c2)[C@@H](c2cccc(F)c2)/C1=C(\O)c1ccccc1. The molecule has 0 saturated carbocycles. The Morgan fingerprint density at radius 2 is 1.66 bits per heavy atom. The molecule has 0 aromatic heterocycles. The number of rotatable bonds is 3. The summed E-state index contributed by atoms with van der Waals surface area (Å²) in [5, 5.41) is 10.9. The Bertz CT molecular complexity index is 1140. The van der Waals surface area contributed by atoms with Gasteiger partial charge >= 0.3 is 0 Å². The number of carbonyl (C=O) groups excluding carboxylic acids is 2. The van der Waals surface area contributed by atoms with Crippen molar-refractivity contribution in [3.05, 3.63) is 106 Å². The minimum Gasteiger partial charge on any atom is -0.507 e. The van der Waals surface area contributed by atoms with E-state index in [4.69, 9.17) is 0 Å². The average Bonchev–Trinajstić information content (AvgIpc) is 2.99. The van der Waals surface area contributed by atoms with Crippen LogP contribution in [0.5, 0.6) is 0 Å². The van der Waals surface area contributed by atoms with E-state index in [9.17, 15) is 19.1 Å². The number of ketones is 1. The van der Waals surface area contributed by atoms with Crippen LogP contribution < -0.4 is 4.90 Å². The zero-order valence-electron chi connectivity index (χ0n) is 15.0. The van der Waals surface area contributed by atoms with Gasteiger partial charge in [-0.2, -0.15) is 0 Å². The molecule has 1 saturated heterocycles. The highest BCUT2D eigenvalue weighted by Gasteiger charge is 2.47. The van der Waals surface area contributed by atoms with Gasteiger partial charge in [0, 0.05) is 15.7 Å². The van der Waals surface area contributed by atoms with E-state index < -0.39 is 23.5 Å². The van der Waals surface area contributed by atoms with Crippen LogP contribution in [-0.2, 0) is 9.59 Å². The van der Waals surface area contributed by atoms with E-state index in [0.29, 0.717) is 16.8 Å². The highest BCUT2D eigenvalue weighted by Crippen LogP contribution is 2.42. The van der Waals surface area contributed by atoms with Gasteiger partial charge in [-0.05, 0) is 35.9 Å². The molecule has 0 radical (unpaired) electrons. The summed E-state index contributed by atoms with van der Waals surface area (Å²) >= 11 is 3.37. The van der Waals surface area contributed by atoms with Crippen molar-refractivity contribution < 1.29 is 19.1 Å². The van der Waals surface area contributed by atoms with Crippen molar-refractivity contribution >= 4 is 39.1 Å². The fourth-order valence-electron chi connectivity index (χ4n) is 3.47. The topological polar surface area (TPSA) is 57.6 Å². The lowest BCUT2D eigenvalue weighted by molar-refractivity contribution is -0.132. The summed E-state index contributed by atoms with van der Waals surface area (Å²) in [6.45, 7) is 0. The van der Waals surface area contributed by atoms with Crippen LogP contribution in [0.15, 0.2) is 88.9 Å². The maximum absolute atomic E-state index is 14.0. The third-order valence-corrected chi connectivity index (χ3v) is 5.24. The van der Waals surface area contributed by atoms with Gasteiger partial charge in [-0.3, -0.25) is 14.5 Å². The molecular weight excluding hydrogens is 437 g/mol. The van der Waals surface area contributed by atoms with Crippen LogP contribution >= 0.6 is 15.9 Å². The minimum atomic E-state index is -0.958. The van der Waals surface area contributed by atoms with Crippen LogP contribution in [0.4, 0.5) is 10.1 Å². The van der Waals surface area contributed by atoms with Gasteiger partial charge in [0.15, 0.2) is 0 Å². The van der Waals surface area contributed by atoms with E-state index in [1.807, 2.05) is 0 Å². The van der Waals surface area contributed by atoms with Gasteiger partial charge in [0.2, 0.25) is 0 Å². The second-order valence-electron chi connectivity index (χ2n) is 6.57. The minimum absolute atomic E-state index is 0.0771. The molecule has 0 unspecified atom stereocenters. The Labute approximate surface area is 175 Å². The summed E-state index contributed by atoms with van der Waals surface area (Å²) in [5.74, 6) is -2.40. The summed E-state index contributed by atoms with van der Waals surface area (Å²) in [5.41, 5.74) is 1.18. The molecular formula is C23H15BrFNO3. The van der Waals surface area contributed by atoms with E-state index in [1.165, 1.54) is 23.1 Å². The van der Waals surface area contributed by atoms with E-state index in [1.54, 1.807) is 60.7 Å². The predicted octanol–water partition coefficient (Wildman–Crippen LogP) is 5.21. The van der Waals surface area contributed by atoms with E-state index >= 15 is 0 Å². The van der Waals surface area contributed by atoms with E-state index in [2.05, 4.69) is 15.9 Å². The molecule has 1 N–H and O–H groups in total. The number of aliphatic hydroxyl groups is 1. The largest absolute Gasteiger partial charge is 0.507 e. The molecule has 144 valence electrons. The molecule has 1 heterocycles. The number of hydrogen-bond acceptors (Lipinski definition) is 3. The molecule has 1 atom stereocenters. The first-order chi connectivity index (χ1) is 14.0. The highest BCUT2D eigenvalue weighted by molar-refractivity contribution is 9.10. The second kappa shape index (κ2) is 7.64. The van der Waals surface area contributed by atoms with Crippen LogP contribution in [0.3, 0.4) is 0 Å². The number of nitrogens with zero attached hydrogens (tertiary/aromatic N) is 1. The second-order valence-corrected chi connectivity index (χ2v) is 7.49. The molecule has 0 spiro atoms. The number of amides is 1. The molecule has 1 amide bonds. The molecule has 4 nitrogen and oxygen atoms in total. The number of benzene rings is 3. The van der Waals surface area contributed by atoms with Crippen LogP contribution in [0, 0.1) is 5.82 Å². The molecule has 1 aliphatic heterocycles. The predicted molar refractivity (Wildman–Crippen MR) is 112 cm³/mol. The standard InChI is InChI=1S/C23H15BrFNO3/c24-16-9-5-11-18(13-16)26-20(15-8-4-10-17(25)12-15)19(22(28)23(26)29)21(27)14-6-2-1-3-7-14/h1-13,20,27H/b21-19+/t20-/m0/s1. The summed E-state index contributed by atoms with van der Waals surface area (Å²) in [6.07, 6.45) is 0. The van der Waals surface area contributed by atoms with Crippen molar-refractivity contribution in [1.82, 2.24) is 0 Å². The summed E-state index contributed by atoms with van der Waals surface area (Å²) < 4.78 is 14.7. The number of hydrogen-bond donors (Lipinski definition) is 1. The number of carbonyl (C=O) groups is 2. The molecule has 3 aromatic carbocycles. The number of Topliss-reactive ketones (excluding diaryl/α,β-unsaturated/α-hetero) is 1. The summed E-state index contributed by atoms with van der Waals surface area (Å²) in [7, 11) is 0. The first-order valence-corrected chi connectivity index (χ1v) is 9.64. The van der Waals surface area contributed by atoms with Crippen molar-refractivity contribution in [3.63, 3.8) is 0 Å². The molecule has 3 aromatic rings. The van der Waals surface area contributed by atoms with Gasteiger partial charge in [-0.15, -0.1) is 0 Å². The highest BCUT2D eigenvalue weighted by atomic mass is 79.9.